The molecular formula is C32H54N4O7. The summed E-state index contributed by atoms with van der Waals surface area (Å²) in [6.07, 6.45) is 14.4. The van der Waals surface area contributed by atoms with Crippen LogP contribution in [-0.2, 0) is 24.0 Å². The van der Waals surface area contributed by atoms with Crippen LogP contribution in [0.5, 0.6) is 0 Å². The summed E-state index contributed by atoms with van der Waals surface area (Å²) in [4.78, 5) is 63.6. The lowest BCUT2D eigenvalue weighted by Gasteiger charge is -2.36. The van der Waals surface area contributed by atoms with Crippen LogP contribution >= 0.6 is 0 Å². The van der Waals surface area contributed by atoms with Gasteiger partial charge in [0.2, 0.25) is 17.7 Å². The van der Waals surface area contributed by atoms with Crippen molar-refractivity contribution in [1.29, 1.82) is 0 Å². The molecule has 5 N–H and O–H groups in total. The highest BCUT2D eigenvalue weighted by molar-refractivity contribution is 5.94. The standard InChI is InChI=1S/C32H54N4O7/c1-2-36(29(38)10-6-7-22-15-17-33-18-16-22)21-28(37)34-26(20-30(39)40)31(41)35-27(32(42)43)19-23-11-13-25(14-12-23)24-8-4-3-5-9-24/h22-27,33H,2-21H2,1H3,(H,34,37)(H,35,41)(H,39,40)(H,42,43)/t23?,25?,26-,27-/m0/s1. The van der Waals surface area contributed by atoms with E-state index in [0.29, 0.717) is 24.8 Å². The Kier molecular flexibility index (Phi) is 14.7. The van der Waals surface area contributed by atoms with E-state index >= 15 is 0 Å². The van der Waals surface area contributed by atoms with Crippen molar-refractivity contribution in [1.82, 2.24) is 20.9 Å². The van der Waals surface area contributed by atoms with Crippen LogP contribution in [0.1, 0.15) is 110 Å². The number of amides is 3. The largest absolute Gasteiger partial charge is 0.481 e. The van der Waals surface area contributed by atoms with E-state index in [4.69, 9.17) is 0 Å². The molecule has 43 heavy (non-hydrogen) atoms. The first-order valence-electron chi connectivity index (χ1n) is 16.7. The van der Waals surface area contributed by atoms with Crippen LogP contribution in [-0.4, -0.2) is 83.0 Å². The van der Waals surface area contributed by atoms with Crippen LogP contribution in [0.15, 0.2) is 0 Å². The third-order valence-corrected chi connectivity index (χ3v) is 9.95. The number of hydrogen-bond donors (Lipinski definition) is 5. The molecule has 3 rings (SSSR count). The second kappa shape index (κ2) is 18.2. The lowest BCUT2D eigenvalue weighted by atomic mass is 9.70. The molecule has 0 spiro atoms. The fourth-order valence-electron chi connectivity index (χ4n) is 7.37. The van der Waals surface area contributed by atoms with Crippen molar-refractivity contribution in [3.63, 3.8) is 0 Å². The molecule has 1 heterocycles. The summed E-state index contributed by atoms with van der Waals surface area (Å²) in [5.74, 6) is -1.85. The Labute approximate surface area is 256 Å². The summed E-state index contributed by atoms with van der Waals surface area (Å²) in [5.41, 5.74) is 0. The molecule has 11 heteroatoms. The van der Waals surface area contributed by atoms with Gasteiger partial charge < -0.3 is 31.1 Å². The zero-order chi connectivity index (χ0) is 31.2. The van der Waals surface area contributed by atoms with Gasteiger partial charge >= 0.3 is 11.9 Å². The molecule has 2 atom stereocenters. The number of hydrogen-bond acceptors (Lipinski definition) is 6. The third-order valence-electron chi connectivity index (χ3n) is 9.95. The van der Waals surface area contributed by atoms with E-state index < -0.39 is 42.3 Å². The zero-order valence-electron chi connectivity index (χ0n) is 26.0. The Balaban J connectivity index is 1.48. The van der Waals surface area contributed by atoms with E-state index in [0.717, 1.165) is 70.4 Å². The predicted molar refractivity (Wildman–Crippen MR) is 162 cm³/mol. The third kappa shape index (κ3) is 12.1. The smallest absolute Gasteiger partial charge is 0.326 e. The summed E-state index contributed by atoms with van der Waals surface area (Å²) in [7, 11) is 0. The monoisotopic (exact) mass is 606 g/mol. The fraction of sp³-hybridized carbons (Fsp3) is 0.844. The van der Waals surface area contributed by atoms with Gasteiger partial charge in [-0.2, -0.15) is 0 Å². The second-order valence-electron chi connectivity index (χ2n) is 13.0. The summed E-state index contributed by atoms with van der Waals surface area (Å²) in [5, 5.41) is 27.5. The van der Waals surface area contributed by atoms with Gasteiger partial charge in [-0.15, -0.1) is 0 Å². The number of aliphatic carboxylic acids is 2. The molecule has 1 saturated heterocycles. The number of carboxylic acid groups (broad SMARTS) is 2. The molecule has 3 aliphatic rings. The van der Waals surface area contributed by atoms with Gasteiger partial charge in [0, 0.05) is 13.0 Å². The van der Waals surface area contributed by atoms with Crippen molar-refractivity contribution in [2.45, 2.75) is 122 Å². The number of carbonyl (C=O) groups is 5. The van der Waals surface area contributed by atoms with Crippen molar-refractivity contribution in [3.05, 3.63) is 0 Å². The molecule has 2 saturated carbocycles. The van der Waals surface area contributed by atoms with Gasteiger partial charge in [-0.1, -0.05) is 44.9 Å². The van der Waals surface area contributed by atoms with Crippen LogP contribution < -0.4 is 16.0 Å². The molecule has 11 nitrogen and oxygen atoms in total. The first kappa shape index (κ1) is 34.8. The van der Waals surface area contributed by atoms with Crippen molar-refractivity contribution in [3.8, 4) is 0 Å². The Morgan fingerprint density at radius 1 is 0.814 bits per heavy atom. The van der Waals surface area contributed by atoms with Crippen molar-refractivity contribution >= 4 is 29.7 Å². The van der Waals surface area contributed by atoms with E-state index in [9.17, 15) is 34.2 Å². The quantitative estimate of drug-likeness (QED) is 0.179. The summed E-state index contributed by atoms with van der Waals surface area (Å²) in [6.45, 7) is 3.77. The van der Waals surface area contributed by atoms with Crippen LogP contribution in [0.2, 0.25) is 0 Å². The number of carboxylic acids is 2. The first-order valence-corrected chi connectivity index (χ1v) is 16.7. The summed E-state index contributed by atoms with van der Waals surface area (Å²) in [6, 6.07) is -2.60. The molecule has 244 valence electrons. The summed E-state index contributed by atoms with van der Waals surface area (Å²) < 4.78 is 0. The molecule has 0 aromatic rings. The maximum atomic E-state index is 13.1. The predicted octanol–water partition coefficient (Wildman–Crippen LogP) is 3.31. The number of piperidine rings is 1. The van der Waals surface area contributed by atoms with Gasteiger partial charge in [0.1, 0.15) is 12.1 Å². The van der Waals surface area contributed by atoms with Gasteiger partial charge in [0.05, 0.1) is 13.0 Å². The van der Waals surface area contributed by atoms with Gasteiger partial charge in [-0.05, 0) is 88.6 Å². The van der Waals surface area contributed by atoms with Gasteiger partial charge in [-0.25, -0.2) is 4.79 Å². The van der Waals surface area contributed by atoms with Crippen LogP contribution in [0, 0.1) is 23.7 Å². The molecule has 1 aliphatic heterocycles. The van der Waals surface area contributed by atoms with E-state index in [1.165, 1.54) is 37.0 Å². The maximum absolute atomic E-state index is 13.1. The highest BCUT2D eigenvalue weighted by Gasteiger charge is 2.33. The second-order valence-corrected chi connectivity index (χ2v) is 13.0. The van der Waals surface area contributed by atoms with Crippen LogP contribution in [0.3, 0.4) is 0 Å². The van der Waals surface area contributed by atoms with Crippen molar-refractivity contribution in [2.75, 3.05) is 26.2 Å². The van der Waals surface area contributed by atoms with Crippen molar-refractivity contribution in [2.24, 2.45) is 23.7 Å². The van der Waals surface area contributed by atoms with Crippen LogP contribution in [0.25, 0.3) is 0 Å². The molecule has 0 aromatic heterocycles. The summed E-state index contributed by atoms with van der Waals surface area (Å²) >= 11 is 0. The molecule has 0 aromatic carbocycles. The van der Waals surface area contributed by atoms with E-state index in [2.05, 4.69) is 16.0 Å². The highest BCUT2D eigenvalue weighted by atomic mass is 16.4. The Bertz CT molecular complexity index is 925. The minimum absolute atomic E-state index is 0.157. The molecular weight excluding hydrogens is 552 g/mol. The minimum atomic E-state index is -1.44. The lowest BCUT2D eigenvalue weighted by molar-refractivity contribution is -0.144. The van der Waals surface area contributed by atoms with E-state index in [1.54, 1.807) is 6.92 Å². The average Bonchev–Trinajstić information content (AvgIpc) is 3.00. The number of rotatable bonds is 16. The maximum Gasteiger partial charge on any atom is 0.326 e. The Morgan fingerprint density at radius 2 is 1.47 bits per heavy atom. The van der Waals surface area contributed by atoms with Gasteiger partial charge in [0.25, 0.3) is 0 Å². The minimum Gasteiger partial charge on any atom is -0.481 e. The molecule has 0 radical (unpaired) electrons. The average molecular weight is 607 g/mol. The normalized spacial score (nSPS) is 23.1. The number of carbonyl (C=O) groups excluding carboxylic acids is 3. The molecule has 0 unspecified atom stereocenters. The molecule has 3 fully saturated rings. The molecule has 3 amide bonds. The van der Waals surface area contributed by atoms with Gasteiger partial charge in [0.15, 0.2) is 0 Å². The van der Waals surface area contributed by atoms with Crippen molar-refractivity contribution < 1.29 is 34.2 Å². The fourth-order valence-corrected chi connectivity index (χ4v) is 7.37. The highest BCUT2D eigenvalue weighted by Crippen LogP contribution is 2.41. The van der Waals surface area contributed by atoms with E-state index in [-0.39, 0.29) is 24.8 Å². The van der Waals surface area contributed by atoms with E-state index in [1.807, 2.05) is 0 Å². The number of likely N-dealkylation sites (N-methyl/N-ethyl adjacent to an activating group) is 1. The van der Waals surface area contributed by atoms with Gasteiger partial charge in [-0.3, -0.25) is 19.2 Å². The number of nitrogens with zero attached hydrogens (tertiary/aromatic N) is 1. The Morgan fingerprint density at radius 3 is 2.07 bits per heavy atom. The zero-order valence-corrected chi connectivity index (χ0v) is 26.0. The number of nitrogens with one attached hydrogen (secondary N) is 3. The molecule has 0 bridgehead atoms. The molecule has 2 aliphatic carbocycles. The SMILES string of the molecule is CCN(CC(=O)N[C@@H](CC(=O)O)C(=O)N[C@@H](CC1CCC(C2CCCCC2)CC1)C(=O)O)C(=O)CCCC1CCNCC1. The lowest BCUT2D eigenvalue weighted by Crippen LogP contribution is -2.54. The first-order chi connectivity index (χ1) is 20.7. The van der Waals surface area contributed by atoms with Crippen LogP contribution in [0.4, 0.5) is 0 Å². The topological polar surface area (TPSA) is 165 Å². The Hall–Kier alpha value is -2.69.